The molecule has 0 bridgehead atoms. The Bertz CT molecular complexity index is 503. The van der Waals surface area contributed by atoms with Crippen LogP contribution >= 0.6 is 0 Å². The SMILES string of the molecule is CC1=c2nccnc2=C(C)C(=N)C1=N. The topological polar surface area (TPSA) is 73.5 Å². The van der Waals surface area contributed by atoms with Crippen molar-refractivity contribution in [1.29, 1.82) is 10.8 Å². The minimum Gasteiger partial charge on any atom is -0.298 e. The van der Waals surface area contributed by atoms with E-state index >= 15 is 0 Å². The second kappa shape index (κ2) is 2.83. The lowest BCUT2D eigenvalue weighted by atomic mass is 9.96. The van der Waals surface area contributed by atoms with E-state index in [0.29, 0.717) is 0 Å². The molecule has 4 heteroatoms. The van der Waals surface area contributed by atoms with Gasteiger partial charge in [0.25, 0.3) is 0 Å². The summed E-state index contributed by atoms with van der Waals surface area (Å²) in [5, 5.41) is 16.9. The molecule has 2 N–H and O–H groups in total. The standard InChI is InChI=1S/C10H10N4/c1-5-7(11)8(12)6(2)10-9(5)13-3-4-14-10/h3-4,11-12H,1-2H3. The second-order valence-electron chi connectivity index (χ2n) is 3.25. The van der Waals surface area contributed by atoms with Crippen LogP contribution in [0.4, 0.5) is 0 Å². The third-order valence-corrected chi connectivity index (χ3v) is 2.41. The average Bonchev–Trinajstić information content (AvgIpc) is 2.23. The van der Waals surface area contributed by atoms with Gasteiger partial charge in [-0.1, -0.05) is 0 Å². The molecule has 0 atom stereocenters. The van der Waals surface area contributed by atoms with Crippen molar-refractivity contribution in [2.24, 2.45) is 0 Å². The number of rotatable bonds is 0. The first-order valence-electron chi connectivity index (χ1n) is 4.30. The minimum absolute atomic E-state index is 0.246. The molecule has 70 valence electrons. The van der Waals surface area contributed by atoms with Crippen molar-refractivity contribution in [2.75, 3.05) is 0 Å². The molecule has 1 aromatic rings. The van der Waals surface area contributed by atoms with Gasteiger partial charge in [-0.15, -0.1) is 0 Å². The Morgan fingerprint density at radius 2 is 1.21 bits per heavy atom. The molecule has 0 amide bonds. The summed E-state index contributed by atoms with van der Waals surface area (Å²) in [6.45, 7) is 3.60. The lowest BCUT2D eigenvalue weighted by Gasteiger charge is -2.11. The summed E-state index contributed by atoms with van der Waals surface area (Å²) in [5.41, 5.74) is 1.94. The van der Waals surface area contributed by atoms with E-state index in [9.17, 15) is 0 Å². The Kier molecular flexibility index (Phi) is 1.77. The van der Waals surface area contributed by atoms with Gasteiger partial charge in [-0.3, -0.25) is 20.8 Å². The Labute approximate surface area is 81.0 Å². The molecule has 4 nitrogen and oxygen atoms in total. The second-order valence-corrected chi connectivity index (χ2v) is 3.25. The normalized spacial score (nSPS) is 15.9. The van der Waals surface area contributed by atoms with Crippen LogP contribution in [0.5, 0.6) is 0 Å². The molecule has 14 heavy (non-hydrogen) atoms. The van der Waals surface area contributed by atoms with Crippen LogP contribution in [0.25, 0.3) is 11.1 Å². The molecule has 1 aliphatic carbocycles. The summed E-state index contributed by atoms with van der Waals surface area (Å²) in [7, 11) is 0. The van der Waals surface area contributed by atoms with Crippen molar-refractivity contribution in [3.8, 4) is 0 Å². The summed E-state index contributed by atoms with van der Waals surface area (Å²) in [4.78, 5) is 8.36. The Morgan fingerprint density at radius 3 is 1.57 bits per heavy atom. The van der Waals surface area contributed by atoms with Gasteiger partial charge in [0.05, 0.1) is 22.1 Å². The van der Waals surface area contributed by atoms with E-state index in [1.165, 1.54) is 0 Å². The van der Waals surface area contributed by atoms with Gasteiger partial charge in [0.15, 0.2) is 0 Å². The molecular formula is C10H10N4. The van der Waals surface area contributed by atoms with Gasteiger partial charge in [0.2, 0.25) is 0 Å². The van der Waals surface area contributed by atoms with Crippen molar-refractivity contribution in [1.82, 2.24) is 9.97 Å². The van der Waals surface area contributed by atoms with Gasteiger partial charge in [-0.2, -0.15) is 0 Å². The molecule has 0 spiro atoms. The highest BCUT2D eigenvalue weighted by Crippen LogP contribution is 2.04. The number of nitrogens with one attached hydrogen (secondary N) is 2. The maximum atomic E-state index is 7.71. The first-order chi connectivity index (χ1) is 6.63. The molecule has 0 unspecified atom stereocenters. The largest absolute Gasteiger partial charge is 0.298 e. The van der Waals surface area contributed by atoms with Crippen molar-refractivity contribution >= 4 is 22.6 Å². The Morgan fingerprint density at radius 1 is 0.857 bits per heavy atom. The summed E-state index contributed by atoms with van der Waals surface area (Å²) in [6.07, 6.45) is 3.22. The molecule has 1 aromatic heterocycles. The molecule has 0 radical (unpaired) electrons. The zero-order valence-corrected chi connectivity index (χ0v) is 8.05. The fourth-order valence-corrected chi connectivity index (χ4v) is 1.50. The quantitative estimate of drug-likeness (QED) is 0.592. The zero-order chi connectivity index (χ0) is 10.3. The van der Waals surface area contributed by atoms with Crippen molar-refractivity contribution in [3.05, 3.63) is 23.1 Å². The van der Waals surface area contributed by atoms with Gasteiger partial charge >= 0.3 is 0 Å². The van der Waals surface area contributed by atoms with Crippen LogP contribution in [0.2, 0.25) is 0 Å². The van der Waals surface area contributed by atoms with Crippen LogP contribution < -0.4 is 10.7 Å². The lowest BCUT2D eigenvalue weighted by Crippen LogP contribution is -2.42. The number of aromatic nitrogens is 2. The third-order valence-electron chi connectivity index (χ3n) is 2.41. The molecule has 1 aliphatic rings. The summed E-state index contributed by atoms with van der Waals surface area (Å²) in [6, 6.07) is 0. The van der Waals surface area contributed by atoms with Crippen LogP contribution in [0, 0.1) is 10.8 Å². The van der Waals surface area contributed by atoms with Crippen LogP contribution in [0.3, 0.4) is 0 Å². The van der Waals surface area contributed by atoms with E-state index in [1.807, 2.05) is 0 Å². The summed E-state index contributed by atoms with van der Waals surface area (Å²) >= 11 is 0. The Hall–Kier alpha value is -1.84. The molecular weight excluding hydrogens is 176 g/mol. The highest BCUT2D eigenvalue weighted by atomic mass is 14.8. The zero-order valence-electron chi connectivity index (χ0n) is 8.05. The minimum atomic E-state index is 0.246. The predicted molar refractivity (Wildman–Crippen MR) is 54.9 cm³/mol. The van der Waals surface area contributed by atoms with E-state index < -0.39 is 0 Å². The molecule has 0 fully saturated rings. The van der Waals surface area contributed by atoms with E-state index in [2.05, 4.69) is 9.97 Å². The first kappa shape index (κ1) is 8.74. The van der Waals surface area contributed by atoms with Crippen LogP contribution in [0.15, 0.2) is 12.4 Å². The van der Waals surface area contributed by atoms with E-state index in [0.717, 1.165) is 21.8 Å². The average molecular weight is 186 g/mol. The van der Waals surface area contributed by atoms with Gasteiger partial charge in [-0.05, 0) is 13.8 Å². The van der Waals surface area contributed by atoms with Crippen LogP contribution in [-0.2, 0) is 0 Å². The smallest absolute Gasteiger partial charge is 0.0941 e. The number of hydrogen-bond donors (Lipinski definition) is 2. The third kappa shape index (κ3) is 1.00. The number of fused-ring (bicyclic) bond motifs is 1. The fraction of sp³-hybridized carbons (Fsp3) is 0.200. The van der Waals surface area contributed by atoms with Gasteiger partial charge in [-0.25, -0.2) is 0 Å². The van der Waals surface area contributed by atoms with Crippen LogP contribution in [0.1, 0.15) is 13.8 Å². The molecule has 0 aliphatic heterocycles. The first-order valence-corrected chi connectivity index (χ1v) is 4.30. The van der Waals surface area contributed by atoms with E-state index in [-0.39, 0.29) is 11.4 Å². The highest BCUT2D eigenvalue weighted by Gasteiger charge is 2.17. The molecule has 2 rings (SSSR count). The van der Waals surface area contributed by atoms with Gasteiger partial charge in [0.1, 0.15) is 0 Å². The van der Waals surface area contributed by atoms with Gasteiger partial charge < -0.3 is 0 Å². The lowest BCUT2D eigenvalue weighted by molar-refractivity contribution is 1.08. The van der Waals surface area contributed by atoms with Crippen LogP contribution in [-0.4, -0.2) is 21.4 Å². The Balaban J connectivity index is 3.06. The number of nitrogens with zero attached hydrogens (tertiary/aromatic N) is 2. The fourth-order valence-electron chi connectivity index (χ4n) is 1.50. The number of hydrogen-bond acceptors (Lipinski definition) is 4. The maximum absolute atomic E-state index is 7.71. The molecule has 0 saturated heterocycles. The van der Waals surface area contributed by atoms with E-state index in [4.69, 9.17) is 10.8 Å². The predicted octanol–water partition coefficient (Wildman–Crippen LogP) is -0.129. The highest BCUT2D eigenvalue weighted by molar-refractivity contribution is 6.64. The van der Waals surface area contributed by atoms with Crippen molar-refractivity contribution in [2.45, 2.75) is 13.8 Å². The summed E-state index contributed by atoms with van der Waals surface area (Å²) in [5.74, 6) is 0. The van der Waals surface area contributed by atoms with Gasteiger partial charge in [0, 0.05) is 23.5 Å². The monoisotopic (exact) mass is 186 g/mol. The molecule has 0 aromatic carbocycles. The van der Waals surface area contributed by atoms with Crippen molar-refractivity contribution in [3.63, 3.8) is 0 Å². The molecule has 0 saturated carbocycles. The molecule has 1 heterocycles. The summed E-state index contributed by atoms with van der Waals surface area (Å²) < 4.78 is 0. The van der Waals surface area contributed by atoms with Crippen molar-refractivity contribution < 1.29 is 0 Å². The van der Waals surface area contributed by atoms with E-state index in [1.54, 1.807) is 26.2 Å². The maximum Gasteiger partial charge on any atom is 0.0941 e.